The summed E-state index contributed by atoms with van der Waals surface area (Å²) in [5.41, 5.74) is 0.400. The Bertz CT molecular complexity index is 379. The van der Waals surface area contributed by atoms with E-state index in [4.69, 9.17) is 0 Å². The molecule has 2 N–H and O–H groups in total. The standard InChI is InChI=1S/C13H22N4O/c1-4-5-6-8-14-13-15-9-7-11(17-13)12(18)16-10(2)3/h7,9-10H,4-6,8H2,1-3H3,(H,16,18)(H,14,15,17). The van der Waals surface area contributed by atoms with Crippen LogP contribution in [-0.2, 0) is 0 Å². The molecule has 5 heteroatoms. The first-order chi connectivity index (χ1) is 8.63. The van der Waals surface area contributed by atoms with E-state index in [1.807, 2.05) is 13.8 Å². The van der Waals surface area contributed by atoms with Crippen molar-refractivity contribution in [1.29, 1.82) is 0 Å². The van der Waals surface area contributed by atoms with E-state index in [-0.39, 0.29) is 11.9 Å². The van der Waals surface area contributed by atoms with Crippen molar-refractivity contribution in [2.24, 2.45) is 0 Å². The number of carbonyl (C=O) groups is 1. The van der Waals surface area contributed by atoms with Crippen molar-refractivity contribution in [3.8, 4) is 0 Å². The van der Waals surface area contributed by atoms with Gasteiger partial charge in [0.15, 0.2) is 0 Å². The van der Waals surface area contributed by atoms with Crippen molar-refractivity contribution >= 4 is 11.9 Å². The van der Waals surface area contributed by atoms with Crippen molar-refractivity contribution in [3.05, 3.63) is 18.0 Å². The number of anilines is 1. The minimum atomic E-state index is -0.163. The van der Waals surface area contributed by atoms with Gasteiger partial charge in [0.25, 0.3) is 5.91 Å². The molecule has 0 aromatic carbocycles. The van der Waals surface area contributed by atoms with E-state index in [0.29, 0.717) is 11.6 Å². The van der Waals surface area contributed by atoms with Crippen LogP contribution in [0, 0.1) is 0 Å². The molecule has 0 saturated heterocycles. The number of hydrogen-bond donors (Lipinski definition) is 2. The molecule has 1 amide bonds. The summed E-state index contributed by atoms with van der Waals surface area (Å²) >= 11 is 0. The van der Waals surface area contributed by atoms with E-state index in [1.54, 1.807) is 12.3 Å². The number of hydrogen-bond acceptors (Lipinski definition) is 4. The molecule has 1 aromatic heterocycles. The SMILES string of the molecule is CCCCCNc1nccc(C(=O)NC(C)C)n1. The second kappa shape index (κ2) is 7.63. The molecular formula is C13H22N4O. The van der Waals surface area contributed by atoms with Crippen molar-refractivity contribution in [2.45, 2.75) is 46.1 Å². The van der Waals surface area contributed by atoms with Crippen LogP contribution in [0.15, 0.2) is 12.3 Å². The normalized spacial score (nSPS) is 10.4. The number of rotatable bonds is 7. The summed E-state index contributed by atoms with van der Waals surface area (Å²) in [6.45, 7) is 6.84. The summed E-state index contributed by atoms with van der Waals surface area (Å²) in [5.74, 6) is 0.353. The Balaban J connectivity index is 2.53. The Kier molecular flexibility index (Phi) is 6.11. The lowest BCUT2D eigenvalue weighted by molar-refractivity contribution is 0.0938. The first-order valence-corrected chi connectivity index (χ1v) is 6.51. The fraction of sp³-hybridized carbons (Fsp3) is 0.615. The predicted molar refractivity (Wildman–Crippen MR) is 72.6 cm³/mol. The number of nitrogens with one attached hydrogen (secondary N) is 2. The molecule has 0 unspecified atom stereocenters. The average molecular weight is 250 g/mol. The monoisotopic (exact) mass is 250 g/mol. The quantitative estimate of drug-likeness (QED) is 0.728. The summed E-state index contributed by atoms with van der Waals surface area (Å²) in [6, 6.07) is 1.73. The Hall–Kier alpha value is -1.65. The molecule has 1 rings (SSSR count). The number of carbonyl (C=O) groups excluding carboxylic acids is 1. The topological polar surface area (TPSA) is 66.9 Å². The van der Waals surface area contributed by atoms with Gasteiger partial charge in [-0.1, -0.05) is 19.8 Å². The zero-order chi connectivity index (χ0) is 13.4. The summed E-state index contributed by atoms with van der Waals surface area (Å²) in [6.07, 6.45) is 5.05. The van der Waals surface area contributed by atoms with Gasteiger partial charge in [0.05, 0.1) is 0 Å². The van der Waals surface area contributed by atoms with E-state index >= 15 is 0 Å². The van der Waals surface area contributed by atoms with Gasteiger partial charge in [-0.25, -0.2) is 9.97 Å². The lowest BCUT2D eigenvalue weighted by Gasteiger charge is -2.09. The number of aromatic nitrogens is 2. The highest BCUT2D eigenvalue weighted by molar-refractivity contribution is 5.92. The molecule has 0 spiro atoms. The molecule has 0 aliphatic rings. The average Bonchev–Trinajstić information content (AvgIpc) is 2.34. The first kappa shape index (κ1) is 14.4. The molecule has 18 heavy (non-hydrogen) atoms. The van der Waals surface area contributed by atoms with E-state index in [1.165, 1.54) is 12.8 Å². The van der Waals surface area contributed by atoms with Crippen molar-refractivity contribution in [1.82, 2.24) is 15.3 Å². The van der Waals surface area contributed by atoms with E-state index < -0.39 is 0 Å². The van der Waals surface area contributed by atoms with Gasteiger partial charge in [0.1, 0.15) is 5.69 Å². The Morgan fingerprint density at radius 2 is 2.17 bits per heavy atom. The maximum atomic E-state index is 11.8. The maximum absolute atomic E-state index is 11.8. The van der Waals surface area contributed by atoms with Gasteiger partial charge in [0.2, 0.25) is 5.95 Å². The fourth-order valence-electron chi connectivity index (χ4n) is 1.48. The third-order valence-corrected chi connectivity index (χ3v) is 2.37. The molecule has 0 atom stereocenters. The predicted octanol–water partition coefficient (Wildman–Crippen LogP) is 2.22. The summed E-state index contributed by atoms with van der Waals surface area (Å²) < 4.78 is 0. The zero-order valence-electron chi connectivity index (χ0n) is 11.4. The van der Waals surface area contributed by atoms with E-state index in [2.05, 4.69) is 27.5 Å². The summed E-state index contributed by atoms with van der Waals surface area (Å²) in [5, 5.41) is 5.93. The molecule has 0 aliphatic heterocycles. The smallest absolute Gasteiger partial charge is 0.270 e. The largest absolute Gasteiger partial charge is 0.354 e. The fourth-order valence-corrected chi connectivity index (χ4v) is 1.48. The van der Waals surface area contributed by atoms with Crippen LogP contribution in [0.5, 0.6) is 0 Å². The van der Waals surface area contributed by atoms with Crippen LogP contribution in [0.3, 0.4) is 0 Å². The van der Waals surface area contributed by atoms with Crippen LogP contribution in [-0.4, -0.2) is 28.5 Å². The molecule has 0 radical (unpaired) electrons. The molecule has 0 fully saturated rings. The number of amides is 1. The molecule has 5 nitrogen and oxygen atoms in total. The molecule has 1 heterocycles. The van der Waals surface area contributed by atoms with E-state index in [9.17, 15) is 4.79 Å². The Morgan fingerprint density at radius 1 is 1.39 bits per heavy atom. The van der Waals surface area contributed by atoms with Crippen LogP contribution < -0.4 is 10.6 Å². The lowest BCUT2D eigenvalue weighted by atomic mass is 10.2. The zero-order valence-corrected chi connectivity index (χ0v) is 11.4. The van der Waals surface area contributed by atoms with Crippen LogP contribution in [0.25, 0.3) is 0 Å². The van der Waals surface area contributed by atoms with Crippen molar-refractivity contribution in [3.63, 3.8) is 0 Å². The van der Waals surface area contributed by atoms with Crippen LogP contribution in [0.1, 0.15) is 50.5 Å². The molecular weight excluding hydrogens is 228 g/mol. The number of unbranched alkanes of at least 4 members (excludes halogenated alkanes) is 2. The molecule has 100 valence electrons. The first-order valence-electron chi connectivity index (χ1n) is 6.51. The van der Waals surface area contributed by atoms with Gasteiger partial charge in [-0.05, 0) is 26.3 Å². The van der Waals surface area contributed by atoms with Gasteiger partial charge in [0, 0.05) is 18.8 Å². The van der Waals surface area contributed by atoms with E-state index in [0.717, 1.165) is 13.0 Å². The lowest BCUT2D eigenvalue weighted by Crippen LogP contribution is -2.31. The third-order valence-electron chi connectivity index (χ3n) is 2.37. The van der Waals surface area contributed by atoms with Crippen molar-refractivity contribution in [2.75, 3.05) is 11.9 Å². The van der Waals surface area contributed by atoms with Crippen LogP contribution in [0.2, 0.25) is 0 Å². The van der Waals surface area contributed by atoms with Gasteiger partial charge in [-0.3, -0.25) is 4.79 Å². The maximum Gasteiger partial charge on any atom is 0.270 e. The second-order valence-electron chi connectivity index (χ2n) is 4.53. The Labute approximate surface area is 108 Å². The van der Waals surface area contributed by atoms with Crippen LogP contribution >= 0.6 is 0 Å². The van der Waals surface area contributed by atoms with Gasteiger partial charge < -0.3 is 10.6 Å². The minimum Gasteiger partial charge on any atom is -0.354 e. The highest BCUT2D eigenvalue weighted by Crippen LogP contribution is 2.02. The molecule has 1 aromatic rings. The molecule has 0 saturated carbocycles. The Morgan fingerprint density at radius 3 is 2.83 bits per heavy atom. The van der Waals surface area contributed by atoms with Gasteiger partial charge >= 0.3 is 0 Å². The van der Waals surface area contributed by atoms with Crippen molar-refractivity contribution < 1.29 is 4.79 Å². The summed E-state index contributed by atoms with van der Waals surface area (Å²) in [4.78, 5) is 20.0. The van der Waals surface area contributed by atoms with Crippen LogP contribution in [0.4, 0.5) is 5.95 Å². The molecule has 0 aliphatic carbocycles. The third kappa shape index (κ3) is 5.12. The minimum absolute atomic E-state index is 0.105. The molecule has 0 bridgehead atoms. The highest BCUT2D eigenvalue weighted by Gasteiger charge is 2.09. The second-order valence-corrected chi connectivity index (χ2v) is 4.53. The summed E-state index contributed by atoms with van der Waals surface area (Å²) in [7, 11) is 0. The highest BCUT2D eigenvalue weighted by atomic mass is 16.1. The van der Waals surface area contributed by atoms with Gasteiger partial charge in [-0.15, -0.1) is 0 Å². The van der Waals surface area contributed by atoms with Gasteiger partial charge in [-0.2, -0.15) is 0 Å². The number of nitrogens with zero attached hydrogens (tertiary/aromatic N) is 2.